The molecule has 0 aliphatic rings. The summed E-state index contributed by atoms with van der Waals surface area (Å²) in [5, 5.41) is 0. The lowest BCUT2D eigenvalue weighted by atomic mass is 10.2. The standard InChI is InChI=1S/C17H22N2O4S2/c1-4-14(3)18-24(20,21)17-11-7-15(8-12-17)19-25(22,23)16-9-5-13(2)6-10-16/h5-12,14,18-19H,4H2,1-3H3. The topological polar surface area (TPSA) is 92.3 Å². The van der Waals surface area contributed by atoms with Crippen LogP contribution in [0.5, 0.6) is 0 Å². The molecule has 0 spiro atoms. The molecule has 2 N–H and O–H groups in total. The van der Waals surface area contributed by atoms with Gasteiger partial charge < -0.3 is 0 Å². The van der Waals surface area contributed by atoms with Gasteiger partial charge >= 0.3 is 0 Å². The Balaban J connectivity index is 2.19. The SMILES string of the molecule is CCC(C)NS(=O)(=O)c1ccc(NS(=O)(=O)c2ccc(C)cc2)cc1. The average molecular weight is 383 g/mol. The van der Waals surface area contributed by atoms with Gasteiger partial charge in [-0.1, -0.05) is 24.6 Å². The predicted octanol–water partition coefficient (Wildman–Crippen LogP) is 2.87. The van der Waals surface area contributed by atoms with Crippen molar-refractivity contribution in [2.75, 3.05) is 4.72 Å². The molecule has 2 rings (SSSR count). The van der Waals surface area contributed by atoms with Crippen LogP contribution in [0.15, 0.2) is 58.3 Å². The fourth-order valence-corrected chi connectivity index (χ4v) is 4.44. The van der Waals surface area contributed by atoms with Crippen LogP contribution < -0.4 is 9.44 Å². The summed E-state index contributed by atoms with van der Waals surface area (Å²) in [6.07, 6.45) is 0.674. The third kappa shape index (κ3) is 5.04. The van der Waals surface area contributed by atoms with Crippen LogP contribution in [0.4, 0.5) is 5.69 Å². The van der Waals surface area contributed by atoms with E-state index in [2.05, 4.69) is 9.44 Å². The highest BCUT2D eigenvalue weighted by atomic mass is 32.2. The van der Waals surface area contributed by atoms with Gasteiger partial charge in [-0.2, -0.15) is 0 Å². The van der Waals surface area contributed by atoms with Crippen LogP contribution in [0.1, 0.15) is 25.8 Å². The van der Waals surface area contributed by atoms with Crippen LogP contribution in [0.25, 0.3) is 0 Å². The predicted molar refractivity (Wildman–Crippen MR) is 98.5 cm³/mol. The number of hydrogen-bond acceptors (Lipinski definition) is 4. The van der Waals surface area contributed by atoms with Gasteiger partial charge in [0, 0.05) is 11.7 Å². The van der Waals surface area contributed by atoms with E-state index in [9.17, 15) is 16.8 Å². The molecule has 25 heavy (non-hydrogen) atoms. The van der Waals surface area contributed by atoms with Gasteiger partial charge in [0.2, 0.25) is 10.0 Å². The summed E-state index contributed by atoms with van der Waals surface area (Å²) < 4.78 is 54.1. The van der Waals surface area contributed by atoms with Gasteiger partial charge in [-0.15, -0.1) is 0 Å². The lowest BCUT2D eigenvalue weighted by Gasteiger charge is -2.13. The number of anilines is 1. The Morgan fingerprint density at radius 3 is 1.84 bits per heavy atom. The van der Waals surface area contributed by atoms with Crippen molar-refractivity contribution in [2.45, 2.75) is 43.0 Å². The van der Waals surface area contributed by atoms with Crippen LogP contribution >= 0.6 is 0 Å². The summed E-state index contributed by atoms with van der Waals surface area (Å²) in [5.41, 5.74) is 1.25. The van der Waals surface area contributed by atoms with E-state index in [0.29, 0.717) is 12.1 Å². The van der Waals surface area contributed by atoms with Gasteiger partial charge in [-0.3, -0.25) is 4.72 Å². The fraction of sp³-hybridized carbons (Fsp3) is 0.294. The molecular formula is C17H22N2O4S2. The molecule has 0 bridgehead atoms. The highest BCUT2D eigenvalue weighted by molar-refractivity contribution is 7.92. The second-order valence-corrected chi connectivity index (χ2v) is 9.27. The monoisotopic (exact) mass is 382 g/mol. The van der Waals surface area contributed by atoms with E-state index in [1.165, 1.54) is 36.4 Å². The first kappa shape index (κ1) is 19.4. The van der Waals surface area contributed by atoms with Crippen molar-refractivity contribution in [1.29, 1.82) is 0 Å². The summed E-state index contributed by atoms with van der Waals surface area (Å²) in [4.78, 5) is 0.235. The number of aryl methyl sites for hydroxylation is 1. The van der Waals surface area contributed by atoms with Gasteiger partial charge in [0.05, 0.1) is 9.79 Å². The molecule has 8 heteroatoms. The van der Waals surface area contributed by atoms with Crippen molar-refractivity contribution in [3.8, 4) is 0 Å². The molecule has 0 fully saturated rings. The Bertz CT molecular complexity index is 920. The number of hydrogen-bond donors (Lipinski definition) is 2. The van der Waals surface area contributed by atoms with Gasteiger partial charge in [0.15, 0.2) is 0 Å². The molecule has 0 aliphatic heterocycles. The Morgan fingerprint density at radius 1 is 0.840 bits per heavy atom. The number of benzene rings is 2. The zero-order chi connectivity index (χ0) is 18.7. The summed E-state index contributed by atoms with van der Waals surface area (Å²) in [5.74, 6) is 0. The molecule has 2 aromatic carbocycles. The second-order valence-electron chi connectivity index (χ2n) is 5.87. The molecule has 0 aliphatic carbocycles. The van der Waals surface area contributed by atoms with Crippen molar-refractivity contribution >= 4 is 25.7 Å². The maximum atomic E-state index is 12.3. The van der Waals surface area contributed by atoms with Crippen LogP contribution in [-0.4, -0.2) is 22.9 Å². The quantitative estimate of drug-likeness (QED) is 0.770. The molecule has 1 atom stereocenters. The highest BCUT2D eigenvalue weighted by Gasteiger charge is 2.18. The van der Waals surface area contributed by atoms with Crippen molar-refractivity contribution in [3.05, 3.63) is 54.1 Å². The van der Waals surface area contributed by atoms with E-state index >= 15 is 0 Å². The zero-order valence-electron chi connectivity index (χ0n) is 14.4. The van der Waals surface area contributed by atoms with Crippen LogP contribution in [-0.2, 0) is 20.0 Å². The average Bonchev–Trinajstić information content (AvgIpc) is 2.55. The highest BCUT2D eigenvalue weighted by Crippen LogP contribution is 2.19. The summed E-state index contributed by atoms with van der Waals surface area (Å²) in [6, 6.07) is 11.9. The van der Waals surface area contributed by atoms with Crippen molar-refractivity contribution in [2.24, 2.45) is 0 Å². The Labute approximate surface area is 149 Å². The fourth-order valence-electron chi connectivity index (χ4n) is 2.05. The Kier molecular flexibility index (Phi) is 5.87. The number of sulfonamides is 2. The Morgan fingerprint density at radius 2 is 1.32 bits per heavy atom. The maximum Gasteiger partial charge on any atom is 0.261 e. The molecule has 0 radical (unpaired) electrons. The normalized spacial score (nSPS) is 13.4. The number of nitrogens with one attached hydrogen (secondary N) is 2. The van der Waals surface area contributed by atoms with E-state index in [1.54, 1.807) is 19.1 Å². The number of rotatable bonds is 7. The molecule has 2 aromatic rings. The summed E-state index contributed by atoms with van der Waals surface area (Å²) in [7, 11) is -7.33. The summed E-state index contributed by atoms with van der Waals surface area (Å²) in [6.45, 7) is 5.54. The maximum absolute atomic E-state index is 12.3. The molecule has 136 valence electrons. The smallest absolute Gasteiger partial charge is 0.261 e. The van der Waals surface area contributed by atoms with Gasteiger partial charge in [-0.25, -0.2) is 21.6 Å². The minimum absolute atomic E-state index is 0.0890. The van der Waals surface area contributed by atoms with Crippen molar-refractivity contribution < 1.29 is 16.8 Å². The minimum atomic E-state index is -3.72. The molecular weight excluding hydrogens is 360 g/mol. The van der Waals surface area contributed by atoms with E-state index in [0.717, 1.165) is 5.56 Å². The van der Waals surface area contributed by atoms with Crippen LogP contribution in [0, 0.1) is 6.92 Å². The summed E-state index contributed by atoms with van der Waals surface area (Å²) >= 11 is 0. The largest absolute Gasteiger partial charge is 0.280 e. The van der Waals surface area contributed by atoms with Gasteiger partial charge in [-0.05, 0) is 56.7 Å². The minimum Gasteiger partial charge on any atom is -0.280 e. The second kappa shape index (κ2) is 7.55. The first-order chi connectivity index (χ1) is 11.6. The molecule has 0 amide bonds. The third-order valence-electron chi connectivity index (χ3n) is 3.72. The van der Waals surface area contributed by atoms with Gasteiger partial charge in [0.1, 0.15) is 0 Å². The lowest BCUT2D eigenvalue weighted by Crippen LogP contribution is -2.31. The van der Waals surface area contributed by atoms with Gasteiger partial charge in [0.25, 0.3) is 10.0 Å². The molecule has 0 saturated carbocycles. The first-order valence-corrected chi connectivity index (χ1v) is 10.8. The molecule has 6 nitrogen and oxygen atoms in total. The molecule has 1 unspecified atom stereocenters. The first-order valence-electron chi connectivity index (χ1n) is 7.86. The Hall–Kier alpha value is -1.90. The molecule has 0 heterocycles. The third-order valence-corrected chi connectivity index (χ3v) is 6.72. The van der Waals surface area contributed by atoms with Crippen molar-refractivity contribution in [1.82, 2.24) is 4.72 Å². The zero-order valence-corrected chi connectivity index (χ0v) is 16.0. The van der Waals surface area contributed by atoms with Crippen molar-refractivity contribution in [3.63, 3.8) is 0 Å². The van der Waals surface area contributed by atoms with E-state index in [4.69, 9.17) is 0 Å². The van der Waals surface area contributed by atoms with E-state index in [1.807, 2.05) is 13.8 Å². The molecule has 0 aromatic heterocycles. The lowest BCUT2D eigenvalue weighted by molar-refractivity contribution is 0.556. The van der Waals surface area contributed by atoms with Crippen LogP contribution in [0.3, 0.4) is 0 Å². The van der Waals surface area contributed by atoms with Crippen LogP contribution in [0.2, 0.25) is 0 Å². The van der Waals surface area contributed by atoms with E-state index in [-0.39, 0.29) is 15.8 Å². The van der Waals surface area contributed by atoms with E-state index < -0.39 is 20.0 Å². The molecule has 0 saturated heterocycles.